The molecule has 0 aromatic carbocycles. The SMILES string of the molecule is CC(O)[C@H]1C(=O)N2C(C(=O)O)=C(S[C@@H]3CN(C)[C@]4(C3)C(=O)N3CC(N)C34)[C@H](C)[C@H]12. The number of aliphatic hydroxyl groups excluding tert-OH is 1. The van der Waals surface area contributed by atoms with Crippen LogP contribution in [0.3, 0.4) is 0 Å². The number of nitrogens with two attached hydrogens (primary N) is 1. The van der Waals surface area contributed by atoms with Crippen molar-refractivity contribution in [1.82, 2.24) is 14.7 Å². The van der Waals surface area contributed by atoms with E-state index in [-0.39, 0.29) is 46.8 Å². The van der Waals surface area contributed by atoms with Gasteiger partial charge in [-0.15, -0.1) is 11.8 Å². The van der Waals surface area contributed by atoms with Gasteiger partial charge in [-0.05, 0) is 20.4 Å². The van der Waals surface area contributed by atoms with E-state index in [0.29, 0.717) is 24.4 Å². The molecule has 2 amide bonds. The summed E-state index contributed by atoms with van der Waals surface area (Å²) in [6.45, 7) is 4.77. The Morgan fingerprint density at radius 2 is 2.03 bits per heavy atom. The molecule has 9 nitrogen and oxygen atoms in total. The van der Waals surface area contributed by atoms with E-state index in [9.17, 15) is 24.6 Å². The second-order valence-corrected chi connectivity index (χ2v) is 10.4. The van der Waals surface area contributed by atoms with E-state index < -0.39 is 23.5 Å². The molecule has 5 rings (SSSR count). The van der Waals surface area contributed by atoms with Crippen molar-refractivity contribution in [3.05, 3.63) is 10.6 Å². The zero-order valence-corrected chi connectivity index (χ0v) is 17.4. The van der Waals surface area contributed by atoms with Crippen molar-refractivity contribution in [3.63, 3.8) is 0 Å². The Balaban J connectivity index is 1.40. The zero-order chi connectivity index (χ0) is 21.0. The number of carbonyl (C=O) groups excluding carboxylic acids is 2. The lowest BCUT2D eigenvalue weighted by molar-refractivity contribution is -0.192. The number of hydrogen-bond acceptors (Lipinski definition) is 7. The lowest BCUT2D eigenvalue weighted by Gasteiger charge is -2.66. The molecule has 29 heavy (non-hydrogen) atoms. The quantitative estimate of drug-likeness (QED) is 0.486. The molecule has 5 aliphatic rings. The Morgan fingerprint density at radius 3 is 2.62 bits per heavy atom. The molecule has 0 aliphatic carbocycles. The third-order valence-electron chi connectivity index (χ3n) is 7.57. The normalized spacial score (nSPS) is 44.4. The Labute approximate surface area is 172 Å². The smallest absolute Gasteiger partial charge is 0.353 e. The van der Waals surface area contributed by atoms with Crippen molar-refractivity contribution in [2.75, 3.05) is 20.1 Å². The largest absolute Gasteiger partial charge is 0.477 e. The van der Waals surface area contributed by atoms with Gasteiger partial charge in [-0.3, -0.25) is 14.5 Å². The van der Waals surface area contributed by atoms with E-state index in [0.717, 1.165) is 0 Å². The predicted octanol–water partition coefficient (Wildman–Crippen LogP) is -1.13. The Bertz CT molecular complexity index is 862. The number of likely N-dealkylation sites (N-methyl/N-ethyl adjacent to an activating group) is 1. The van der Waals surface area contributed by atoms with Crippen LogP contribution in [0.4, 0.5) is 0 Å². The van der Waals surface area contributed by atoms with Gasteiger partial charge >= 0.3 is 5.97 Å². The van der Waals surface area contributed by atoms with E-state index in [1.54, 1.807) is 6.92 Å². The number of carbonyl (C=O) groups is 3. The number of β-lactam (4-membered cyclic amide) rings is 2. The first-order chi connectivity index (χ1) is 13.6. The van der Waals surface area contributed by atoms with Gasteiger partial charge in [-0.2, -0.15) is 0 Å². The number of rotatable bonds is 4. The molecule has 4 fully saturated rings. The number of piperidine rings is 1. The molecule has 158 valence electrons. The molecule has 0 radical (unpaired) electrons. The van der Waals surface area contributed by atoms with E-state index in [1.807, 2.05) is 18.9 Å². The molecule has 4 N–H and O–H groups in total. The maximum atomic E-state index is 12.7. The Hall–Kier alpha value is -1.62. The molecule has 0 aromatic rings. The Kier molecular flexibility index (Phi) is 3.98. The standard InChI is InChI=1S/C19H26N4O5S/c1-7-12-11(8(2)24)16(25)23(12)13(17(26)27)14(7)29-9-4-19(21(3)5-9)15-10(20)6-22(15)18(19)28/h7-12,15,24H,4-6,20H2,1-3H3,(H,26,27)/t7-,8?,9+,10?,11-,12-,15?,19+/m1/s1. The van der Waals surface area contributed by atoms with Crippen LogP contribution in [0.15, 0.2) is 10.6 Å². The summed E-state index contributed by atoms with van der Waals surface area (Å²) in [5, 5.41) is 19.8. The summed E-state index contributed by atoms with van der Waals surface area (Å²) in [6, 6.07) is -0.282. The van der Waals surface area contributed by atoms with Crippen LogP contribution in [-0.4, -0.2) is 97.9 Å². The van der Waals surface area contributed by atoms with Gasteiger partial charge in [0.2, 0.25) is 11.8 Å². The van der Waals surface area contributed by atoms with Gasteiger partial charge in [-0.25, -0.2) is 4.79 Å². The Morgan fingerprint density at radius 1 is 1.34 bits per heavy atom. The van der Waals surface area contributed by atoms with Crippen LogP contribution in [0.25, 0.3) is 0 Å². The minimum Gasteiger partial charge on any atom is -0.477 e. The number of carboxylic acids is 1. The highest BCUT2D eigenvalue weighted by Gasteiger charge is 2.72. The summed E-state index contributed by atoms with van der Waals surface area (Å²) in [5.41, 5.74) is 5.63. The molecular weight excluding hydrogens is 396 g/mol. The highest BCUT2D eigenvalue weighted by Crippen LogP contribution is 2.55. The monoisotopic (exact) mass is 422 g/mol. The van der Waals surface area contributed by atoms with Crippen molar-refractivity contribution < 1.29 is 24.6 Å². The number of fused-ring (bicyclic) bond motifs is 3. The predicted molar refractivity (Wildman–Crippen MR) is 104 cm³/mol. The minimum absolute atomic E-state index is 0.00974. The molecular formula is C19H26N4O5S. The summed E-state index contributed by atoms with van der Waals surface area (Å²) >= 11 is 1.48. The third-order valence-corrected chi connectivity index (χ3v) is 9.04. The lowest BCUT2D eigenvalue weighted by atomic mass is 9.67. The number of aliphatic carboxylic acids is 1. The average Bonchev–Trinajstić information content (AvgIpc) is 3.07. The second-order valence-electron chi connectivity index (χ2n) is 9.09. The second kappa shape index (κ2) is 5.96. The molecule has 0 bridgehead atoms. The van der Waals surface area contributed by atoms with E-state index in [4.69, 9.17) is 5.73 Å². The fourth-order valence-corrected chi connectivity index (χ4v) is 7.88. The van der Waals surface area contributed by atoms with Gasteiger partial charge < -0.3 is 25.7 Å². The average molecular weight is 423 g/mol. The number of amides is 2. The van der Waals surface area contributed by atoms with E-state index in [1.165, 1.54) is 16.7 Å². The highest BCUT2D eigenvalue weighted by atomic mass is 32.2. The number of thioether (sulfide) groups is 1. The summed E-state index contributed by atoms with van der Waals surface area (Å²) < 4.78 is 0. The minimum atomic E-state index is -1.12. The number of carboxylic acid groups (broad SMARTS) is 1. The molecule has 5 aliphatic heterocycles. The van der Waals surface area contributed by atoms with Crippen LogP contribution in [0.1, 0.15) is 20.3 Å². The lowest BCUT2D eigenvalue weighted by Crippen LogP contribution is -2.89. The molecule has 4 saturated heterocycles. The van der Waals surface area contributed by atoms with Crippen molar-refractivity contribution in [2.24, 2.45) is 17.6 Å². The number of aliphatic hydroxyl groups is 1. The third kappa shape index (κ3) is 2.15. The summed E-state index contributed by atoms with van der Waals surface area (Å²) in [7, 11) is 1.94. The summed E-state index contributed by atoms with van der Waals surface area (Å²) in [5.74, 6) is -2.05. The van der Waals surface area contributed by atoms with Gasteiger partial charge in [0.25, 0.3) is 0 Å². The molecule has 0 aromatic heterocycles. The molecule has 10 heteroatoms. The molecule has 0 saturated carbocycles. The zero-order valence-electron chi connectivity index (χ0n) is 16.6. The van der Waals surface area contributed by atoms with Crippen LogP contribution in [0.5, 0.6) is 0 Å². The maximum Gasteiger partial charge on any atom is 0.353 e. The van der Waals surface area contributed by atoms with Gasteiger partial charge in [0.05, 0.1) is 24.1 Å². The van der Waals surface area contributed by atoms with Crippen molar-refractivity contribution in [3.8, 4) is 0 Å². The highest BCUT2D eigenvalue weighted by molar-refractivity contribution is 8.03. The fraction of sp³-hybridized carbons (Fsp3) is 0.737. The van der Waals surface area contributed by atoms with E-state index >= 15 is 0 Å². The number of hydrogen-bond donors (Lipinski definition) is 3. The molecule has 8 atom stereocenters. The van der Waals surface area contributed by atoms with Gasteiger partial charge in [-0.1, -0.05) is 6.92 Å². The summed E-state index contributed by atoms with van der Waals surface area (Å²) in [6.07, 6.45) is -0.186. The first kappa shape index (κ1) is 19.3. The van der Waals surface area contributed by atoms with Crippen molar-refractivity contribution in [2.45, 2.75) is 55.3 Å². The fourth-order valence-electron chi connectivity index (χ4n) is 6.23. The van der Waals surface area contributed by atoms with Gasteiger partial charge in [0.15, 0.2) is 0 Å². The van der Waals surface area contributed by atoms with Crippen LogP contribution in [0, 0.1) is 11.8 Å². The van der Waals surface area contributed by atoms with Crippen LogP contribution < -0.4 is 5.73 Å². The first-order valence-electron chi connectivity index (χ1n) is 10.0. The molecule has 5 heterocycles. The number of nitrogens with zero attached hydrogens (tertiary/aromatic N) is 3. The van der Waals surface area contributed by atoms with Crippen molar-refractivity contribution >= 4 is 29.5 Å². The van der Waals surface area contributed by atoms with Crippen LogP contribution >= 0.6 is 11.8 Å². The maximum absolute atomic E-state index is 12.7. The molecule has 1 spiro atoms. The van der Waals surface area contributed by atoms with E-state index in [2.05, 4.69) is 4.90 Å². The first-order valence-corrected chi connectivity index (χ1v) is 10.9. The number of likely N-dealkylation sites (tertiary alicyclic amines) is 1. The van der Waals surface area contributed by atoms with Crippen LogP contribution in [-0.2, 0) is 14.4 Å². The van der Waals surface area contributed by atoms with Gasteiger partial charge in [0.1, 0.15) is 11.2 Å². The van der Waals surface area contributed by atoms with Gasteiger partial charge in [0, 0.05) is 35.2 Å². The van der Waals surface area contributed by atoms with Crippen LogP contribution in [0.2, 0.25) is 0 Å². The van der Waals surface area contributed by atoms with Crippen molar-refractivity contribution in [1.29, 1.82) is 0 Å². The topological polar surface area (TPSA) is 127 Å². The summed E-state index contributed by atoms with van der Waals surface area (Å²) in [4.78, 5) is 43.1. The molecule has 3 unspecified atom stereocenters.